The molecule has 0 amide bonds. The molecule has 1 N–H and O–H groups in total. The molecule has 0 fully saturated rings. The van der Waals surface area contributed by atoms with Crippen molar-refractivity contribution in [1.29, 1.82) is 5.41 Å². The van der Waals surface area contributed by atoms with Crippen LogP contribution in [-0.2, 0) is 0 Å². The maximum absolute atomic E-state index is 6.71. The van der Waals surface area contributed by atoms with Crippen LogP contribution in [0.1, 0.15) is 0 Å². The molecule has 0 rings (SSSR count). The van der Waals surface area contributed by atoms with E-state index in [2.05, 4.69) is 0 Å². The highest BCUT2D eigenvalue weighted by Crippen LogP contribution is 1.85. The quantitative estimate of drug-likeness (QED) is 0.249. The first-order valence-electron chi connectivity index (χ1n) is 1.36. The fourth-order valence-corrected chi connectivity index (χ4v) is 0. The molecule has 0 radical (unpaired) electrons. The van der Waals surface area contributed by atoms with Gasteiger partial charge < -0.3 is 5.41 Å². The van der Waals surface area contributed by atoms with Gasteiger partial charge in [0.25, 0.3) is 0 Å². The predicted octanol–water partition coefficient (Wildman–Crippen LogP) is -0.0827. The smallest absolute Gasteiger partial charge is 0.171 e. The Morgan fingerprint density at radius 2 is 2.20 bits per heavy atom. The van der Waals surface area contributed by atoms with Crippen LogP contribution < -0.4 is 0 Å². The molecule has 0 saturated heterocycles. The fraction of sp³-hybridized carbons (Fsp3) is 0.500. The molecule has 0 heterocycles. The van der Waals surface area contributed by atoms with Crippen LogP contribution in [-0.4, -0.2) is 19.0 Å². The standard InChI is InChI=1S/C2H6BNS/c1-5-2(3)4/h4H,3H2,1H3. The first kappa shape index (κ1) is 5.08. The van der Waals surface area contributed by atoms with E-state index in [9.17, 15) is 0 Å². The molecule has 0 aromatic heterocycles. The van der Waals surface area contributed by atoms with Crippen LogP contribution in [0, 0.1) is 5.41 Å². The summed E-state index contributed by atoms with van der Waals surface area (Å²) in [7, 11) is 1.77. The second kappa shape index (κ2) is 2.33. The number of thioether (sulfide) groups is 1. The summed E-state index contributed by atoms with van der Waals surface area (Å²) < 4.78 is 0. The van der Waals surface area contributed by atoms with Gasteiger partial charge in [-0.25, -0.2) is 0 Å². The molecule has 0 unspecified atom stereocenters. The van der Waals surface area contributed by atoms with Gasteiger partial charge in [-0.1, -0.05) is 0 Å². The molecular formula is C2H6BNS. The third kappa shape index (κ3) is 4.08. The van der Waals surface area contributed by atoms with Gasteiger partial charge >= 0.3 is 0 Å². The van der Waals surface area contributed by atoms with Gasteiger partial charge in [0, 0.05) is 4.94 Å². The van der Waals surface area contributed by atoms with E-state index in [1.807, 2.05) is 6.26 Å². The molecule has 0 aromatic rings. The van der Waals surface area contributed by atoms with E-state index >= 15 is 0 Å². The maximum atomic E-state index is 6.71. The summed E-state index contributed by atoms with van der Waals surface area (Å²) in [6.07, 6.45) is 1.89. The van der Waals surface area contributed by atoms with Crippen molar-refractivity contribution in [2.24, 2.45) is 0 Å². The van der Waals surface area contributed by atoms with Crippen LogP contribution in [0.3, 0.4) is 0 Å². The van der Waals surface area contributed by atoms with E-state index in [0.29, 0.717) is 4.94 Å². The molecule has 0 spiro atoms. The summed E-state index contributed by atoms with van der Waals surface area (Å²) in [5.74, 6) is 0. The van der Waals surface area contributed by atoms with Gasteiger partial charge in [-0.05, 0) is 6.26 Å². The molecular weight excluding hydrogens is 80.9 g/mol. The lowest BCUT2D eigenvalue weighted by Gasteiger charge is -1.77. The second-order valence-electron chi connectivity index (χ2n) is 0.760. The molecule has 0 aromatic carbocycles. The van der Waals surface area contributed by atoms with Gasteiger partial charge in [0.05, 0.1) is 0 Å². The summed E-state index contributed by atoms with van der Waals surface area (Å²) in [6, 6.07) is 0. The lowest BCUT2D eigenvalue weighted by Crippen LogP contribution is -1.80. The van der Waals surface area contributed by atoms with Crippen molar-refractivity contribution < 1.29 is 0 Å². The van der Waals surface area contributed by atoms with Crippen molar-refractivity contribution in [2.75, 3.05) is 6.26 Å². The number of hydrogen-bond acceptors (Lipinski definition) is 2. The third-order valence-corrected chi connectivity index (χ3v) is 0.919. The highest BCUT2D eigenvalue weighted by Gasteiger charge is 1.71. The van der Waals surface area contributed by atoms with Crippen LogP contribution in [0.5, 0.6) is 0 Å². The van der Waals surface area contributed by atoms with Crippen LogP contribution in [0.15, 0.2) is 0 Å². The summed E-state index contributed by atoms with van der Waals surface area (Å²) in [5.41, 5.74) is 0. The van der Waals surface area contributed by atoms with Crippen molar-refractivity contribution in [2.45, 2.75) is 0 Å². The Balaban J connectivity index is 2.85. The van der Waals surface area contributed by atoms with Crippen LogP contribution in [0.4, 0.5) is 0 Å². The lowest BCUT2D eigenvalue weighted by atomic mass is 10.2. The van der Waals surface area contributed by atoms with Gasteiger partial charge in [-0.3, -0.25) is 0 Å². The molecule has 0 aliphatic rings. The Morgan fingerprint density at radius 3 is 2.20 bits per heavy atom. The monoisotopic (exact) mass is 87.0 g/mol. The van der Waals surface area contributed by atoms with E-state index in [-0.39, 0.29) is 0 Å². The minimum Gasteiger partial charge on any atom is -0.310 e. The average molecular weight is 87.0 g/mol. The predicted molar refractivity (Wildman–Crippen MR) is 29.8 cm³/mol. The highest BCUT2D eigenvalue weighted by atomic mass is 32.2. The molecule has 5 heavy (non-hydrogen) atoms. The van der Waals surface area contributed by atoms with E-state index in [4.69, 9.17) is 5.41 Å². The summed E-state index contributed by atoms with van der Waals surface area (Å²) in [5, 5.41) is 6.71. The fourth-order valence-electron chi connectivity index (χ4n) is 0. The van der Waals surface area contributed by atoms with E-state index in [1.54, 1.807) is 7.85 Å². The molecule has 3 heteroatoms. The first-order chi connectivity index (χ1) is 2.27. The Kier molecular flexibility index (Phi) is 2.37. The van der Waals surface area contributed by atoms with Crippen molar-refractivity contribution >= 4 is 24.6 Å². The first-order valence-corrected chi connectivity index (χ1v) is 2.59. The van der Waals surface area contributed by atoms with Crippen molar-refractivity contribution in [3.63, 3.8) is 0 Å². The highest BCUT2D eigenvalue weighted by molar-refractivity contribution is 8.15. The third-order valence-electron chi connectivity index (χ3n) is 0.306. The van der Waals surface area contributed by atoms with Gasteiger partial charge in [-0.2, -0.15) is 0 Å². The Labute approximate surface area is 37.1 Å². The van der Waals surface area contributed by atoms with E-state index < -0.39 is 0 Å². The lowest BCUT2D eigenvalue weighted by molar-refractivity contribution is 1.59. The van der Waals surface area contributed by atoms with Crippen LogP contribution in [0.2, 0.25) is 0 Å². The van der Waals surface area contributed by atoms with Crippen molar-refractivity contribution in [3.05, 3.63) is 0 Å². The Bertz CT molecular complexity index is 44.9. The Hall–Kier alpha value is 0.0849. The van der Waals surface area contributed by atoms with E-state index in [0.717, 1.165) is 0 Å². The van der Waals surface area contributed by atoms with Crippen molar-refractivity contribution in [1.82, 2.24) is 0 Å². The molecule has 0 atom stereocenters. The molecule has 0 bridgehead atoms. The molecule has 0 aliphatic heterocycles. The summed E-state index contributed by atoms with van der Waals surface area (Å²) >= 11 is 1.46. The number of hydrogen-bond donors (Lipinski definition) is 1. The molecule has 0 saturated carbocycles. The topological polar surface area (TPSA) is 23.9 Å². The SMILES string of the molecule is BC(=N)SC. The van der Waals surface area contributed by atoms with Gasteiger partial charge in [0.1, 0.15) is 0 Å². The zero-order valence-corrected chi connectivity index (χ0v) is 4.22. The van der Waals surface area contributed by atoms with Crippen molar-refractivity contribution in [3.8, 4) is 0 Å². The molecule has 0 aliphatic carbocycles. The number of nitrogens with one attached hydrogen (secondary N) is 1. The maximum Gasteiger partial charge on any atom is 0.171 e. The van der Waals surface area contributed by atoms with E-state index in [1.165, 1.54) is 11.8 Å². The zero-order chi connectivity index (χ0) is 4.28. The summed E-state index contributed by atoms with van der Waals surface area (Å²) in [4.78, 5) is 0.671. The zero-order valence-electron chi connectivity index (χ0n) is 3.41. The summed E-state index contributed by atoms with van der Waals surface area (Å²) in [6.45, 7) is 0. The molecule has 28 valence electrons. The second-order valence-corrected chi connectivity index (χ2v) is 1.78. The largest absolute Gasteiger partial charge is 0.310 e. The van der Waals surface area contributed by atoms with Gasteiger partial charge in [-0.15, -0.1) is 11.8 Å². The number of rotatable bonds is 0. The molecule has 1 nitrogen and oxygen atoms in total. The normalized spacial score (nSPS) is 7.40. The Morgan fingerprint density at radius 1 is 2.00 bits per heavy atom. The van der Waals surface area contributed by atoms with Gasteiger partial charge in [0.2, 0.25) is 0 Å². The average Bonchev–Trinajstić information content (AvgIpc) is 1.38. The van der Waals surface area contributed by atoms with Crippen LogP contribution >= 0.6 is 11.8 Å². The van der Waals surface area contributed by atoms with Crippen LogP contribution in [0.25, 0.3) is 0 Å². The minimum atomic E-state index is 0.671. The van der Waals surface area contributed by atoms with Gasteiger partial charge in [0.15, 0.2) is 7.85 Å². The minimum absolute atomic E-state index is 0.671.